The monoisotopic (exact) mass is 318 g/mol. The Hall–Kier alpha value is -1.91. The molecule has 0 spiro atoms. The SMILES string of the molecule is COc1c2c(c(C3(C(=O)O)CCC3)c3c1OCCC3)OCCC2. The van der Waals surface area contributed by atoms with Crippen molar-refractivity contribution in [3.63, 3.8) is 0 Å². The summed E-state index contributed by atoms with van der Waals surface area (Å²) in [5.74, 6) is 1.53. The van der Waals surface area contributed by atoms with Crippen molar-refractivity contribution in [3.8, 4) is 17.2 Å². The summed E-state index contributed by atoms with van der Waals surface area (Å²) in [4.78, 5) is 12.1. The summed E-state index contributed by atoms with van der Waals surface area (Å²) in [5.41, 5.74) is 2.05. The zero-order chi connectivity index (χ0) is 16.0. The minimum Gasteiger partial charge on any atom is -0.493 e. The predicted molar refractivity (Wildman–Crippen MR) is 83.8 cm³/mol. The van der Waals surface area contributed by atoms with Gasteiger partial charge in [0.2, 0.25) is 0 Å². The van der Waals surface area contributed by atoms with Gasteiger partial charge >= 0.3 is 5.97 Å². The highest BCUT2D eigenvalue weighted by atomic mass is 16.5. The van der Waals surface area contributed by atoms with E-state index in [9.17, 15) is 9.90 Å². The summed E-state index contributed by atoms with van der Waals surface area (Å²) in [6.45, 7) is 1.29. The van der Waals surface area contributed by atoms with Crippen LogP contribution in [0.1, 0.15) is 48.8 Å². The number of hydrogen-bond acceptors (Lipinski definition) is 4. The van der Waals surface area contributed by atoms with Gasteiger partial charge in [-0.25, -0.2) is 0 Å². The number of carboxylic acids is 1. The van der Waals surface area contributed by atoms with Crippen LogP contribution in [0.4, 0.5) is 0 Å². The highest BCUT2D eigenvalue weighted by Crippen LogP contribution is 2.56. The molecule has 2 aliphatic heterocycles. The fourth-order valence-corrected chi connectivity index (χ4v) is 4.23. The molecule has 1 N–H and O–H groups in total. The average Bonchev–Trinajstić information content (AvgIpc) is 2.53. The third-order valence-corrected chi connectivity index (χ3v) is 5.49. The zero-order valence-corrected chi connectivity index (χ0v) is 13.4. The van der Waals surface area contributed by atoms with Crippen molar-refractivity contribution in [1.82, 2.24) is 0 Å². The molecule has 23 heavy (non-hydrogen) atoms. The Balaban J connectivity index is 2.02. The van der Waals surface area contributed by atoms with Gasteiger partial charge in [0.05, 0.1) is 25.7 Å². The molecule has 3 aliphatic rings. The molecule has 0 atom stereocenters. The molecule has 124 valence electrons. The molecule has 0 bridgehead atoms. The molecule has 1 aromatic rings. The van der Waals surface area contributed by atoms with Crippen molar-refractivity contribution in [2.24, 2.45) is 0 Å². The minimum atomic E-state index is -0.807. The molecule has 1 fully saturated rings. The highest BCUT2D eigenvalue weighted by molar-refractivity contribution is 5.86. The third-order valence-electron chi connectivity index (χ3n) is 5.49. The van der Waals surface area contributed by atoms with Crippen LogP contribution in [0.15, 0.2) is 0 Å². The molecule has 0 aromatic heterocycles. The summed E-state index contributed by atoms with van der Waals surface area (Å²) >= 11 is 0. The largest absolute Gasteiger partial charge is 0.493 e. The molecule has 1 aromatic carbocycles. The number of fused-ring (bicyclic) bond motifs is 2. The first-order valence-electron chi connectivity index (χ1n) is 8.44. The Morgan fingerprint density at radius 2 is 1.70 bits per heavy atom. The molecule has 0 unspecified atom stereocenters. The van der Waals surface area contributed by atoms with Crippen LogP contribution >= 0.6 is 0 Å². The van der Waals surface area contributed by atoms with Gasteiger partial charge in [0.25, 0.3) is 0 Å². The van der Waals surface area contributed by atoms with E-state index >= 15 is 0 Å². The van der Waals surface area contributed by atoms with Gasteiger partial charge in [-0.15, -0.1) is 0 Å². The Labute approximate surface area is 135 Å². The summed E-state index contributed by atoms with van der Waals surface area (Å²) in [5, 5.41) is 9.94. The molecular weight excluding hydrogens is 296 g/mol. The van der Waals surface area contributed by atoms with Gasteiger partial charge in [-0.1, -0.05) is 6.42 Å². The first-order chi connectivity index (χ1) is 11.2. The first kappa shape index (κ1) is 14.7. The van der Waals surface area contributed by atoms with Gasteiger partial charge in [-0.2, -0.15) is 0 Å². The van der Waals surface area contributed by atoms with Gasteiger partial charge in [0, 0.05) is 16.7 Å². The minimum absolute atomic E-state index is 0.637. The van der Waals surface area contributed by atoms with E-state index in [-0.39, 0.29) is 0 Å². The highest BCUT2D eigenvalue weighted by Gasteiger charge is 2.51. The lowest BCUT2D eigenvalue weighted by Gasteiger charge is -2.42. The Bertz CT molecular complexity index is 623. The fourth-order valence-electron chi connectivity index (χ4n) is 4.23. The molecule has 5 heteroatoms. The molecule has 0 radical (unpaired) electrons. The van der Waals surface area contributed by atoms with Gasteiger partial charge < -0.3 is 19.3 Å². The quantitative estimate of drug-likeness (QED) is 0.928. The average molecular weight is 318 g/mol. The number of ether oxygens (including phenoxy) is 3. The zero-order valence-electron chi connectivity index (χ0n) is 13.4. The number of carbonyl (C=O) groups is 1. The first-order valence-corrected chi connectivity index (χ1v) is 8.44. The topological polar surface area (TPSA) is 65.0 Å². The lowest BCUT2D eigenvalue weighted by Crippen LogP contribution is -2.44. The van der Waals surface area contributed by atoms with Crippen LogP contribution in [0.5, 0.6) is 17.2 Å². The van der Waals surface area contributed by atoms with Gasteiger partial charge in [0.15, 0.2) is 11.5 Å². The third kappa shape index (κ3) is 1.95. The molecule has 1 aliphatic carbocycles. The van der Waals surface area contributed by atoms with E-state index in [0.29, 0.717) is 26.1 Å². The van der Waals surface area contributed by atoms with E-state index < -0.39 is 11.4 Å². The number of aliphatic carboxylic acids is 1. The number of methoxy groups -OCH3 is 1. The Kier molecular flexibility index (Phi) is 3.39. The van der Waals surface area contributed by atoms with Crippen LogP contribution in [-0.2, 0) is 23.1 Å². The second kappa shape index (κ2) is 5.32. The van der Waals surface area contributed by atoms with Crippen molar-refractivity contribution >= 4 is 5.97 Å². The van der Waals surface area contributed by atoms with Crippen LogP contribution < -0.4 is 14.2 Å². The number of rotatable bonds is 3. The number of carboxylic acid groups (broad SMARTS) is 1. The van der Waals surface area contributed by atoms with Crippen molar-refractivity contribution < 1.29 is 24.1 Å². The van der Waals surface area contributed by atoms with Crippen LogP contribution in [0.2, 0.25) is 0 Å². The maximum Gasteiger partial charge on any atom is 0.314 e. The Morgan fingerprint density at radius 3 is 2.26 bits per heavy atom. The van der Waals surface area contributed by atoms with Crippen molar-refractivity contribution in [1.29, 1.82) is 0 Å². The van der Waals surface area contributed by atoms with E-state index in [2.05, 4.69) is 0 Å². The normalized spacial score (nSPS) is 21.1. The van der Waals surface area contributed by atoms with E-state index in [0.717, 1.165) is 66.0 Å². The molecule has 0 saturated heterocycles. The van der Waals surface area contributed by atoms with Gasteiger partial charge in [-0.3, -0.25) is 4.79 Å². The number of hydrogen-bond donors (Lipinski definition) is 1. The predicted octanol–water partition coefficient (Wildman–Crippen LogP) is 2.85. The molecule has 5 nitrogen and oxygen atoms in total. The van der Waals surface area contributed by atoms with Gasteiger partial charge in [0.1, 0.15) is 5.75 Å². The molecule has 4 rings (SSSR count). The van der Waals surface area contributed by atoms with Gasteiger partial charge in [-0.05, 0) is 38.5 Å². The van der Waals surface area contributed by atoms with Crippen LogP contribution in [0.3, 0.4) is 0 Å². The second-order valence-electron chi connectivity index (χ2n) is 6.67. The van der Waals surface area contributed by atoms with E-state index in [1.165, 1.54) is 0 Å². The molecule has 2 heterocycles. The standard InChI is InChI=1S/C18H22O5/c1-21-15-12-6-3-9-22-14(12)13(11-5-2-10-23-16(11)15)18(17(19)20)7-4-8-18/h2-10H2,1H3,(H,19,20). The smallest absolute Gasteiger partial charge is 0.314 e. The van der Waals surface area contributed by atoms with Crippen LogP contribution in [0.25, 0.3) is 0 Å². The summed E-state index contributed by atoms with van der Waals surface area (Å²) in [7, 11) is 1.65. The molecule has 1 saturated carbocycles. The van der Waals surface area contributed by atoms with E-state index in [1.54, 1.807) is 7.11 Å². The molecular formula is C18H22O5. The van der Waals surface area contributed by atoms with Crippen molar-refractivity contribution in [2.75, 3.05) is 20.3 Å². The van der Waals surface area contributed by atoms with Crippen LogP contribution in [-0.4, -0.2) is 31.4 Å². The summed E-state index contributed by atoms with van der Waals surface area (Å²) < 4.78 is 17.6. The lowest BCUT2D eigenvalue weighted by atomic mass is 9.62. The maximum absolute atomic E-state index is 12.1. The fraction of sp³-hybridized carbons (Fsp3) is 0.611. The van der Waals surface area contributed by atoms with E-state index in [4.69, 9.17) is 14.2 Å². The van der Waals surface area contributed by atoms with Crippen molar-refractivity contribution in [3.05, 3.63) is 16.7 Å². The summed E-state index contributed by atoms with van der Waals surface area (Å²) in [6, 6.07) is 0. The Morgan fingerprint density at radius 1 is 1.04 bits per heavy atom. The number of benzene rings is 1. The second-order valence-corrected chi connectivity index (χ2v) is 6.67. The van der Waals surface area contributed by atoms with Crippen molar-refractivity contribution in [2.45, 2.75) is 50.4 Å². The summed E-state index contributed by atoms with van der Waals surface area (Å²) in [6.07, 6.45) is 5.79. The maximum atomic E-state index is 12.1. The lowest BCUT2D eigenvalue weighted by molar-refractivity contribution is -0.147. The van der Waals surface area contributed by atoms with E-state index in [1.807, 2.05) is 0 Å². The molecule has 0 amide bonds. The van der Waals surface area contributed by atoms with Crippen LogP contribution in [0, 0.1) is 0 Å².